The first-order valence-electron chi connectivity index (χ1n) is 6.77. The second kappa shape index (κ2) is 5.61. The van der Waals surface area contributed by atoms with Gasteiger partial charge in [-0.2, -0.15) is 0 Å². The van der Waals surface area contributed by atoms with E-state index >= 15 is 0 Å². The maximum Gasteiger partial charge on any atom is 0.112 e. The molecule has 1 atom stereocenters. The maximum absolute atomic E-state index is 5.84. The van der Waals surface area contributed by atoms with Crippen LogP contribution in [-0.4, -0.2) is 23.3 Å². The number of benzene rings is 1. The number of nitrogen functional groups attached to an aromatic ring is 1. The van der Waals surface area contributed by atoms with Crippen molar-refractivity contribution in [3.8, 4) is 0 Å². The number of rotatable bonds is 5. The molecule has 0 spiro atoms. The van der Waals surface area contributed by atoms with Crippen LogP contribution < -0.4 is 5.73 Å². The van der Waals surface area contributed by atoms with E-state index in [0.29, 0.717) is 11.8 Å². The molecular formula is C15H23N3O. The summed E-state index contributed by atoms with van der Waals surface area (Å²) in [7, 11) is 1.74. The van der Waals surface area contributed by atoms with Gasteiger partial charge in [-0.3, -0.25) is 0 Å². The number of hydrogen-bond acceptors (Lipinski definition) is 3. The second-order valence-electron chi connectivity index (χ2n) is 5.54. The fourth-order valence-corrected chi connectivity index (χ4v) is 2.45. The van der Waals surface area contributed by atoms with E-state index in [4.69, 9.17) is 15.5 Å². The van der Waals surface area contributed by atoms with Crippen LogP contribution >= 0.6 is 0 Å². The van der Waals surface area contributed by atoms with Crippen LogP contribution in [0.2, 0.25) is 0 Å². The summed E-state index contributed by atoms with van der Waals surface area (Å²) in [6.45, 7) is 8.20. The predicted molar refractivity (Wildman–Crippen MR) is 79.3 cm³/mol. The summed E-state index contributed by atoms with van der Waals surface area (Å²) in [5, 5.41) is 0. The fraction of sp³-hybridized carbons (Fsp3) is 0.533. The number of hydrogen-bond donors (Lipinski definition) is 1. The van der Waals surface area contributed by atoms with Gasteiger partial charge in [-0.05, 0) is 24.1 Å². The highest BCUT2D eigenvalue weighted by atomic mass is 16.5. The van der Waals surface area contributed by atoms with E-state index in [1.54, 1.807) is 7.11 Å². The van der Waals surface area contributed by atoms with E-state index in [1.165, 1.54) is 0 Å². The third-order valence-electron chi connectivity index (χ3n) is 3.26. The highest BCUT2D eigenvalue weighted by Gasteiger charge is 2.15. The average molecular weight is 261 g/mol. The van der Waals surface area contributed by atoms with Crippen LogP contribution in [0.1, 0.15) is 32.5 Å². The van der Waals surface area contributed by atoms with Crippen molar-refractivity contribution in [1.82, 2.24) is 9.55 Å². The van der Waals surface area contributed by atoms with E-state index in [1.807, 2.05) is 12.1 Å². The van der Waals surface area contributed by atoms with Crippen molar-refractivity contribution < 1.29 is 4.74 Å². The molecule has 104 valence electrons. The Kier molecular flexibility index (Phi) is 4.10. The van der Waals surface area contributed by atoms with Gasteiger partial charge in [-0.25, -0.2) is 4.98 Å². The summed E-state index contributed by atoms with van der Waals surface area (Å²) in [5.74, 6) is 1.96. The molecule has 1 unspecified atom stereocenters. The van der Waals surface area contributed by atoms with Crippen molar-refractivity contribution in [3.05, 3.63) is 24.0 Å². The van der Waals surface area contributed by atoms with Gasteiger partial charge in [0.25, 0.3) is 0 Å². The quantitative estimate of drug-likeness (QED) is 0.842. The number of ether oxygens (including phenoxy) is 1. The number of aromatic nitrogens is 2. The number of fused-ring (bicyclic) bond motifs is 1. The lowest BCUT2D eigenvalue weighted by Gasteiger charge is -2.16. The van der Waals surface area contributed by atoms with Gasteiger partial charge in [0.1, 0.15) is 5.82 Å². The van der Waals surface area contributed by atoms with Crippen molar-refractivity contribution in [3.63, 3.8) is 0 Å². The molecule has 2 N–H and O–H groups in total. The predicted octanol–water partition coefficient (Wildman–Crippen LogP) is 3.02. The first-order chi connectivity index (χ1) is 9.02. The minimum Gasteiger partial charge on any atom is -0.399 e. The van der Waals surface area contributed by atoms with Gasteiger partial charge >= 0.3 is 0 Å². The van der Waals surface area contributed by atoms with Crippen molar-refractivity contribution in [2.24, 2.45) is 5.92 Å². The lowest BCUT2D eigenvalue weighted by Crippen LogP contribution is -2.15. The van der Waals surface area contributed by atoms with Crippen LogP contribution in [0.25, 0.3) is 11.0 Å². The highest BCUT2D eigenvalue weighted by molar-refractivity contribution is 5.79. The Labute approximate surface area is 114 Å². The fourth-order valence-electron chi connectivity index (χ4n) is 2.45. The zero-order valence-electron chi connectivity index (χ0n) is 12.2. The number of nitrogens with zero attached hydrogens (tertiary/aromatic N) is 2. The molecule has 2 rings (SSSR count). The number of anilines is 1. The van der Waals surface area contributed by atoms with E-state index in [9.17, 15) is 0 Å². The van der Waals surface area contributed by atoms with Crippen LogP contribution in [0.3, 0.4) is 0 Å². The molecule has 0 aliphatic carbocycles. The summed E-state index contributed by atoms with van der Waals surface area (Å²) in [6, 6.07) is 5.94. The largest absolute Gasteiger partial charge is 0.399 e. The lowest BCUT2D eigenvalue weighted by molar-refractivity contribution is 0.151. The smallest absolute Gasteiger partial charge is 0.112 e. The Morgan fingerprint density at radius 2 is 2.05 bits per heavy atom. The van der Waals surface area contributed by atoms with Gasteiger partial charge in [0.15, 0.2) is 0 Å². The molecule has 0 amide bonds. The molecule has 0 aliphatic rings. The van der Waals surface area contributed by atoms with E-state index in [-0.39, 0.29) is 0 Å². The summed E-state index contributed by atoms with van der Waals surface area (Å²) >= 11 is 0. The summed E-state index contributed by atoms with van der Waals surface area (Å²) in [5.41, 5.74) is 8.73. The van der Waals surface area contributed by atoms with Gasteiger partial charge < -0.3 is 15.0 Å². The number of methoxy groups -OCH3 is 1. The summed E-state index contributed by atoms with van der Waals surface area (Å²) in [4.78, 5) is 4.73. The molecule has 0 bridgehead atoms. The zero-order valence-corrected chi connectivity index (χ0v) is 12.2. The number of nitrogens with two attached hydrogens (primary N) is 1. The van der Waals surface area contributed by atoms with Crippen LogP contribution in [0.4, 0.5) is 5.69 Å². The molecule has 0 aliphatic heterocycles. The Morgan fingerprint density at radius 3 is 2.68 bits per heavy atom. The molecule has 1 aromatic carbocycles. The van der Waals surface area contributed by atoms with Gasteiger partial charge in [0.05, 0.1) is 17.6 Å². The lowest BCUT2D eigenvalue weighted by atomic mass is 10.1. The monoisotopic (exact) mass is 261 g/mol. The molecule has 1 heterocycles. The van der Waals surface area contributed by atoms with Crippen molar-refractivity contribution >= 4 is 16.7 Å². The van der Waals surface area contributed by atoms with Gasteiger partial charge in [0.2, 0.25) is 0 Å². The first kappa shape index (κ1) is 13.9. The van der Waals surface area contributed by atoms with Crippen molar-refractivity contribution in [2.45, 2.75) is 33.2 Å². The molecule has 0 fully saturated rings. The second-order valence-corrected chi connectivity index (χ2v) is 5.54. The van der Waals surface area contributed by atoms with E-state index in [2.05, 4.69) is 31.4 Å². The molecule has 4 heteroatoms. The standard InChI is InChI=1S/C15H23N3O/c1-10(2)15-17-13-7-12(16)5-6-14(13)18(15)8-11(3)9-19-4/h5-7,10-11H,8-9,16H2,1-4H3. The normalized spacial score (nSPS) is 13.3. The molecule has 4 nitrogen and oxygen atoms in total. The van der Waals surface area contributed by atoms with Crippen molar-refractivity contribution in [1.29, 1.82) is 0 Å². The van der Waals surface area contributed by atoms with E-state index < -0.39 is 0 Å². The molecule has 1 aromatic heterocycles. The molecule has 0 radical (unpaired) electrons. The maximum atomic E-state index is 5.84. The molecule has 2 aromatic rings. The first-order valence-corrected chi connectivity index (χ1v) is 6.77. The minimum absolute atomic E-state index is 0.392. The topological polar surface area (TPSA) is 53.1 Å². The molecule has 0 saturated heterocycles. The van der Waals surface area contributed by atoms with Crippen molar-refractivity contribution in [2.75, 3.05) is 19.5 Å². The van der Waals surface area contributed by atoms with Crippen LogP contribution in [-0.2, 0) is 11.3 Å². The van der Waals surface area contributed by atoms with Gasteiger partial charge in [-0.15, -0.1) is 0 Å². The van der Waals surface area contributed by atoms with E-state index in [0.717, 1.165) is 35.7 Å². The number of imidazole rings is 1. The van der Waals surface area contributed by atoms with Gasteiger partial charge in [-0.1, -0.05) is 20.8 Å². The van der Waals surface area contributed by atoms with Gasteiger partial charge in [0, 0.05) is 25.3 Å². The average Bonchev–Trinajstić information content (AvgIpc) is 2.67. The third-order valence-corrected chi connectivity index (χ3v) is 3.26. The highest BCUT2D eigenvalue weighted by Crippen LogP contribution is 2.24. The third kappa shape index (κ3) is 2.89. The Bertz CT molecular complexity index is 560. The molecular weight excluding hydrogens is 238 g/mol. The Hall–Kier alpha value is -1.55. The summed E-state index contributed by atoms with van der Waals surface area (Å²) in [6.07, 6.45) is 0. The molecule has 0 saturated carbocycles. The summed E-state index contributed by atoms with van der Waals surface area (Å²) < 4.78 is 7.52. The Morgan fingerprint density at radius 1 is 1.32 bits per heavy atom. The Balaban J connectivity index is 2.46. The zero-order chi connectivity index (χ0) is 14.0. The molecule has 19 heavy (non-hydrogen) atoms. The van der Waals surface area contributed by atoms with Crippen LogP contribution in [0.5, 0.6) is 0 Å². The van der Waals surface area contributed by atoms with Crippen LogP contribution in [0, 0.1) is 5.92 Å². The minimum atomic E-state index is 0.392. The SMILES string of the molecule is COCC(C)Cn1c(C(C)C)nc2cc(N)ccc21. The van der Waals surface area contributed by atoms with Crippen LogP contribution in [0.15, 0.2) is 18.2 Å².